The van der Waals surface area contributed by atoms with Crippen molar-refractivity contribution in [2.24, 2.45) is 0 Å². The zero-order valence-corrected chi connectivity index (χ0v) is 21.4. The number of aromatic nitrogens is 2. The van der Waals surface area contributed by atoms with E-state index in [1.807, 2.05) is 0 Å². The van der Waals surface area contributed by atoms with Crippen LogP contribution in [0, 0.1) is 0 Å². The van der Waals surface area contributed by atoms with Crippen molar-refractivity contribution >= 4 is 45.8 Å². The van der Waals surface area contributed by atoms with Gasteiger partial charge in [0.1, 0.15) is 18.4 Å². The summed E-state index contributed by atoms with van der Waals surface area (Å²) >= 11 is 3.27. The summed E-state index contributed by atoms with van der Waals surface area (Å²) in [5, 5.41) is 4.60. The van der Waals surface area contributed by atoms with E-state index in [4.69, 9.17) is 28.4 Å². The minimum Gasteiger partial charge on any atom is -0.463 e. The molecule has 0 aromatic carbocycles. The first-order valence-corrected chi connectivity index (χ1v) is 11.7. The Kier molecular flexibility index (Phi) is 10.2. The number of hydrogen-bond acceptors (Lipinski definition) is 12. The lowest BCUT2D eigenvalue weighted by atomic mass is 9.97. The maximum atomic E-state index is 12.6. The standard InChI is InChI=1S/C21H27BrN2O11/c1-6-30-21(29)15-7-14(8-22)23-24(15)20-19(34-13(5)28)18(33-12(4)27)17(32-11(3)26)16(35-20)9-31-10(2)25/h7,16-20H,6,8-9H2,1-5H3/t16-,17-,18+,19-,20-/m1/s1. The van der Waals surface area contributed by atoms with Gasteiger partial charge in [0.2, 0.25) is 0 Å². The zero-order valence-electron chi connectivity index (χ0n) is 19.8. The first kappa shape index (κ1) is 28.2. The van der Waals surface area contributed by atoms with Crippen molar-refractivity contribution in [1.82, 2.24) is 9.78 Å². The first-order valence-electron chi connectivity index (χ1n) is 10.6. The third-order valence-corrected chi connectivity index (χ3v) is 5.19. The van der Waals surface area contributed by atoms with Crippen LogP contribution in [0.3, 0.4) is 0 Å². The molecule has 1 saturated heterocycles. The fourth-order valence-electron chi connectivity index (χ4n) is 3.46. The van der Waals surface area contributed by atoms with Crippen molar-refractivity contribution in [3.63, 3.8) is 0 Å². The summed E-state index contributed by atoms with van der Waals surface area (Å²) in [6.45, 7) is 5.81. The Balaban J connectivity index is 2.67. The number of rotatable bonds is 9. The van der Waals surface area contributed by atoms with Crippen molar-refractivity contribution < 1.29 is 52.4 Å². The molecule has 35 heavy (non-hydrogen) atoms. The van der Waals surface area contributed by atoms with Gasteiger partial charge in [0.05, 0.1) is 12.3 Å². The van der Waals surface area contributed by atoms with E-state index >= 15 is 0 Å². The van der Waals surface area contributed by atoms with Crippen LogP contribution in [0.2, 0.25) is 0 Å². The van der Waals surface area contributed by atoms with Crippen molar-refractivity contribution in [3.8, 4) is 0 Å². The molecule has 1 aliphatic rings. The van der Waals surface area contributed by atoms with Crippen molar-refractivity contribution in [3.05, 3.63) is 17.5 Å². The van der Waals surface area contributed by atoms with E-state index in [2.05, 4.69) is 21.0 Å². The molecular weight excluding hydrogens is 536 g/mol. The molecular formula is C21H27BrN2O11. The number of alkyl halides is 1. The lowest BCUT2D eigenvalue weighted by molar-refractivity contribution is -0.270. The van der Waals surface area contributed by atoms with E-state index in [1.165, 1.54) is 13.0 Å². The molecule has 0 N–H and O–H groups in total. The van der Waals surface area contributed by atoms with Gasteiger partial charge in [0.25, 0.3) is 0 Å². The molecule has 0 aliphatic carbocycles. The van der Waals surface area contributed by atoms with Crippen molar-refractivity contribution in [1.29, 1.82) is 0 Å². The summed E-state index contributed by atoms with van der Waals surface area (Å²) < 4.78 is 33.5. The van der Waals surface area contributed by atoms with Crippen LogP contribution in [0.5, 0.6) is 0 Å². The van der Waals surface area contributed by atoms with Crippen molar-refractivity contribution in [2.75, 3.05) is 13.2 Å². The number of hydrogen-bond donors (Lipinski definition) is 0. The van der Waals surface area contributed by atoms with Gasteiger partial charge < -0.3 is 28.4 Å². The summed E-state index contributed by atoms with van der Waals surface area (Å²) in [7, 11) is 0. The number of halogens is 1. The SMILES string of the molecule is CCOC(=O)c1cc(CBr)nn1[C@@H]1O[C@H](COC(C)=O)[C@@H](OC(C)=O)[C@H](OC(C)=O)[C@H]1OC(C)=O. The molecule has 0 unspecified atom stereocenters. The Bertz CT molecular complexity index is 963. The van der Waals surface area contributed by atoms with E-state index < -0.39 is 67.1 Å². The first-order chi connectivity index (χ1) is 16.5. The van der Waals surface area contributed by atoms with Gasteiger partial charge in [-0.05, 0) is 13.0 Å². The number of ether oxygens (including phenoxy) is 6. The van der Waals surface area contributed by atoms with Gasteiger partial charge in [-0.1, -0.05) is 15.9 Å². The highest BCUT2D eigenvalue weighted by molar-refractivity contribution is 9.08. The Morgan fingerprint density at radius 3 is 2.00 bits per heavy atom. The molecule has 0 radical (unpaired) electrons. The van der Waals surface area contributed by atoms with Gasteiger partial charge in [-0.3, -0.25) is 19.2 Å². The molecule has 1 aliphatic heterocycles. The summed E-state index contributed by atoms with van der Waals surface area (Å²) in [4.78, 5) is 59.9. The molecule has 0 spiro atoms. The summed E-state index contributed by atoms with van der Waals surface area (Å²) in [6, 6.07) is 1.45. The molecule has 1 aromatic rings. The lowest BCUT2D eigenvalue weighted by Gasteiger charge is -2.44. The highest BCUT2D eigenvalue weighted by atomic mass is 79.9. The minimum atomic E-state index is -1.41. The van der Waals surface area contributed by atoms with E-state index in [1.54, 1.807) is 6.92 Å². The summed E-state index contributed by atoms with van der Waals surface area (Å²) in [5.41, 5.74) is 0.378. The second-order valence-corrected chi connectivity index (χ2v) is 7.97. The second-order valence-electron chi connectivity index (χ2n) is 7.41. The van der Waals surface area contributed by atoms with Crippen LogP contribution in [0.1, 0.15) is 57.0 Å². The van der Waals surface area contributed by atoms with E-state index in [9.17, 15) is 24.0 Å². The van der Waals surface area contributed by atoms with Crippen LogP contribution in [0.4, 0.5) is 0 Å². The van der Waals surface area contributed by atoms with Crippen LogP contribution in [-0.4, -0.2) is 77.3 Å². The number of carbonyl (C=O) groups is 5. The van der Waals surface area contributed by atoms with Crippen LogP contribution in [-0.2, 0) is 52.9 Å². The van der Waals surface area contributed by atoms with Gasteiger partial charge in [-0.25, -0.2) is 9.48 Å². The molecule has 194 valence electrons. The van der Waals surface area contributed by atoms with E-state index in [0.29, 0.717) is 5.69 Å². The van der Waals surface area contributed by atoms with Crippen LogP contribution < -0.4 is 0 Å². The number of nitrogens with zero attached hydrogens (tertiary/aromatic N) is 2. The average molecular weight is 563 g/mol. The van der Waals surface area contributed by atoms with Crippen molar-refractivity contribution in [2.45, 2.75) is 70.6 Å². The van der Waals surface area contributed by atoms with Gasteiger partial charge in [-0.15, -0.1) is 0 Å². The third-order valence-electron chi connectivity index (χ3n) is 4.62. The van der Waals surface area contributed by atoms with Gasteiger partial charge in [0.15, 0.2) is 24.5 Å². The molecule has 2 rings (SSSR count). The largest absolute Gasteiger partial charge is 0.463 e. The molecule has 2 heterocycles. The van der Waals surface area contributed by atoms with E-state index in [0.717, 1.165) is 25.5 Å². The smallest absolute Gasteiger partial charge is 0.356 e. The molecule has 1 aromatic heterocycles. The van der Waals surface area contributed by atoms with Gasteiger partial charge in [0, 0.05) is 33.0 Å². The molecule has 0 saturated carbocycles. The normalized spacial score (nSPS) is 23.7. The molecule has 13 nitrogen and oxygen atoms in total. The molecule has 14 heteroatoms. The van der Waals surface area contributed by atoms with Crippen LogP contribution in [0.25, 0.3) is 0 Å². The third kappa shape index (κ3) is 7.49. The highest BCUT2D eigenvalue weighted by Crippen LogP contribution is 2.35. The fraction of sp³-hybridized carbons (Fsp3) is 0.619. The highest BCUT2D eigenvalue weighted by Gasteiger charge is 2.53. The maximum Gasteiger partial charge on any atom is 0.356 e. The monoisotopic (exact) mass is 562 g/mol. The Morgan fingerprint density at radius 2 is 1.49 bits per heavy atom. The topological polar surface area (TPSA) is 159 Å². The summed E-state index contributed by atoms with van der Waals surface area (Å²) in [5.74, 6) is -3.68. The Morgan fingerprint density at radius 1 is 0.914 bits per heavy atom. The maximum absolute atomic E-state index is 12.6. The average Bonchev–Trinajstić information content (AvgIpc) is 3.19. The summed E-state index contributed by atoms with van der Waals surface area (Å²) in [6.07, 6.45) is -6.68. The van der Waals surface area contributed by atoms with E-state index in [-0.39, 0.29) is 17.6 Å². The Labute approximate surface area is 209 Å². The van der Waals surface area contributed by atoms with Gasteiger partial charge >= 0.3 is 29.8 Å². The van der Waals surface area contributed by atoms with Crippen LogP contribution in [0.15, 0.2) is 6.07 Å². The van der Waals surface area contributed by atoms with Crippen LogP contribution >= 0.6 is 15.9 Å². The van der Waals surface area contributed by atoms with Gasteiger partial charge in [-0.2, -0.15) is 5.10 Å². The molecule has 0 amide bonds. The minimum absolute atomic E-state index is 0.0396. The lowest BCUT2D eigenvalue weighted by Crippen LogP contribution is -2.61. The second kappa shape index (κ2) is 12.6. The quantitative estimate of drug-likeness (QED) is 0.241. The fourth-order valence-corrected chi connectivity index (χ4v) is 3.74. The predicted molar refractivity (Wildman–Crippen MR) is 118 cm³/mol. The molecule has 5 atom stereocenters. The molecule has 1 fully saturated rings. The zero-order chi connectivity index (χ0) is 26.3. The Hall–Kier alpha value is -3.00. The number of esters is 5. The molecule has 0 bridgehead atoms. The predicted octanol–water partition coefficient (Wildman–Crippen LogP) is 1.21. The number of carbonyl (C=O) groups excluding carboxylic acids is 5.